The lowest BCUT2D eigenvalue weighted by Gasteiger charge is -2.18. The van der Waals surface area contributed by atoms with Gasteiger partial charge in [-0.15, -0.1) is 0 Å². The van der Waals surface area contributed by atoms with Crippen molar-refractivity contribution >= 4 is 21.4 Å². The zero-order chi connectivity index (χ0) is 30.0. The quantitative estimate of drug-likeness (QED) is 0.240. The van der Waals surface area contributed by atoms with E-state index in [0.717, 1.165) is 23.0 Å². The highest BCUT2D eigenvalue weighted by molar-refractivity contribution is 7.90. The molecule has 0 unspecified atom stereocenters. The molecule has 0 aliphatic heterocycles. The van der Waals surface area contributed by atoms with Gasteiger partial charge in [0.05, 0.1) is 5.69 Å². The molecule has 1 aliphatic rings. The number of hydrogen-bond donors (Lipinski definition) is 0. The minimum atomic E-state index is -4.60. The van der Waals surface area contributed by atoms with Crippen LogP contribution < -0.4 is 5.56 Å². The first-order chi connectivity index (χ1) is 19.1. The van der Waals surface area contributed by atoms with Crippen molar-refractivity contribution in [3.05, 3.63) is 104 Å². The molecule has 5 rings (SSSR count). The fourth-order valence-corrected chi connectivity index (χ4v) is 6.01. The number of aromatic nitrogens is 3. The van der Waals surface area contributed by atoms with E-state index in [4.69, 9.17) is 11.6 Å². The van der Waals surface area contributed by atoms with E-state index in [1.165, 1.54) is 44.3 Å². The lowest BCUT2D eigenvalue weighted by molar-refractivity contribution is -0.141. The summed E-state index contributed by atoms with van der Waals surface area (Å²) in [5.74, 6) is -3.01. The number of benzene rings is 1. The van der Waals surface area contributed by atoms with Gasteiger partial charge in [0.2, 0.25) is 0 Å². The molecule has 0 amide bonds. The summed E-state index contributed by atoms with van der Waals surface area (Å²) >= 11 is 6.47. The number of pyridine rings is 3. The van der Waals surface area contributed by atoms with Gasteiger partial charge in [-0.2, -0.15) is 13.2 Å². The van der Waals surface area contributed by atoms with E-state index in [2.05, 4.69) is 9.97 Å². The first-order valence-electron chi connectivity index (χ1n) is 12.2. The average molecular weight is 610 g/mol. The molecule has 1 fully saturated rings. The van der Waals surface area contributed by atoms with Crippen LogP contribution >= 0.6 is 11.6 Å². The average Bonchev–Trinajstić information content (AvgIpc) is 3.68. The number of aryl methyl sites for hydroxylation is 2. The van der Waals surface area contributed by atoms with Crippen molar-refractivity contribution in [1.29, 1.82) is 0 Å². The van der Waals surface area contributed by atoms with Crippen molar-refractivity contribution in [3.8, 4) is 16.9 Å². The molecule has 1 aromatic carbocycles. The second-order valence-corrected chi connectivity index (χ2v) is 12.3. The molecular formula is C28H21ClF5N3O3S. The van der Waals surface area contributed by atoms with Crippen LogP contribution in [0.1, 0.15) is 46.5 Å². The Hall–Kier alpha value is -3.64. The van der Waals surface area contributed by atoms with Crippen molar-refractivity contribution in [3.63, 3.8) is 0 Å². The smallest absolute Gasteiger partial charge is 0.277 e. The van der Waals surface area contributed by atoms with Crippen molar-refractivity contribution in [2.75, 3.05) is 6.26 Å². The fourth-order valence-electron chi connectivity index (χ4n) is 4.97. The number of hydrogen-bond acceptors (Lipinski definition) is 5. The maximum Gasteiger partial charge on any atom is 0.433 e. The Labute approximate surface area is 236 Å². The molecule has 0 radical (unpaired) electrons. The van der Waals surface area contributed by atoms with E-state index < -0.39 is 55.1 Å². The molecule has 41 heavy (non-hydrogen) atoms. The van der Waals surface area contributed by atoms with Crippen LogP contribution in [0.4, 0.5) is 22.0 Å². The molecule has 6 nitrogen and oxygen atoms in total. The standard InChI is InChI=1S/C28H21ClF5N3O3S/c1-13-12-35-25(15-6-4-8-20(23(15)30)41(3,39)40)24(31)26(13)37-14(2)10-18(22(29)27(37)38)16-11-17(16)19-7-5-9-21(36-19)28(32,33)34/h4-10,12,16-17H,11H2,1-3H3/t16-,17-/m0/s1. The monoisotopic (exact) mass is 609 g/mol. The van der Waals surface area contributed by atoms with E-state index >= 15 is 8.78 Å². The maximum atomic E-state index is 16.0. The Kier molecular flexibility index (Phi) is 7.06. The van der Waals surface area contributed by atoms with Gasteiger partial charge in [0.15, 0.2) is 21.5 Å². The molecule has 0 saturated heterocycles. The van der Waals surface area contributed by atoms with Gasteiger partial charge in [0.25, 0.3) is 5.56 Å². The molecule has 3 aromatic heterocycles. The van der Waals surface area contributed by atoms with Crippen LogP contribution in [0.3, 0.4) is 0 Å². The van der Waals surface area contributed by atoms with E-state index in [9.17, 15) is 26.4 Å². The number of nitrogens with zero attached hydrogens (tertiary/aromatic N) is 3. The zero-order valence-electron chi connectivity index (χ0n) is 21.7. The number of sulfone groups is 1. The Bertz CT molecular complexity index is 1890. The van der Waals surface area contributed by atoms with Crippen LogP contribution in [0.25, 0.3) is 16.9 Å². The molecule has 1 saturated carbocycles. The largest absolute Gasteiger partial charge is 0.433 e. The topological polar surface area (TPSA) is 81.9 Å². The van der Waals surface area contributed by atoms with E-state index in [-0.39, 0.29) is 39.5 Å². The van der Waals surface area contributed by atoms with Crippen molar-refractivity contribution in [1.82, 2.24) is 14.5 Å². The van der Waals surface area contributed by atoms with Gasteiger partial charge in [-0.05, 0) is 67.6 Å². The van der Waals surface area contributed by atoms with Gasteiger partial charge in [0, 0.05) is 35.3 Å². The van der Waals surface area contributed by atoms with Crippen LogP contribution in [-0.4, -0.2) is 29.2 Å². The minimum Gasteiger partial charge on any atom is -0.277 e. The lowest BCUT2D eigenvalue weighted by atomic mass is 10.1. The van der Waals surface area contributed by atoms with Crippen molar-refractivity contribution in [2.45, 2.75) is 43.2 Å². The van der Waals surface area contributed by atoms with E-state index in [0.29, 0.717) is 12.0 Å². The van der Waals surface area contributed by atoms with Crippen LogP contribution in [0.2, 0.25) is 5.02 Å². The maximum absolute atomic E-state index is 16.0. The number of halogens is 6. The van der Waals surface area contributed by atoms with Gasteiger partial charge >= 0.3 is 6.18 Å². The molecule has 3 heterocycles. The first kappa shape index (κ1) is 28.9. The second kappa shape index (κ2) is 10.0. The molecule has 214 valence electrons. The lowest BCUT2D eigenvalue weighted by Crippen LogP contribution is -2.24. The molecule has 0 spiro atoms. The summed E-state index contributed by atoms with van der Waals surface area (Å²) < 4.78 is 95.6. The summed E-state index contributed by atoms with van der Waals surface area (Å²) in [7, 11) is -3.97. The van der Waals surface area contributed by atoms with Crippen molar-refractivity contribution < 1.29 is 30.4 Å². The summed E-state index contributed by atoms with van der Waals surface area (Å²) in [6.07, 6.45) is -2.14. The molecule has 0 N–H and O–H groups in total. The van der Waals surface area contributed by atoms with E-state index in [1.807, 2.05) is 0 Å². The molecule has 4 aromatic rings. The van der Waals surface area contributed by atoms with Crippen LogP contribution in [0.5, 0.6) is 0 Å². The highest BCUT2D eigenvalue weighted by atomic mass is 35.5. The summed E-state index contributed by atoms with van der Waals surface area (Å²) in [5, 5.41) is -0.238. The third-order valence-electron chi connectivity index (χ3n) is 7.01. The summed E-state index contributed by atoms with van der Waals surface area (Å²) in [6.45, 7) is 3.02. The number of alkyl halides is 3. The highest BCUT2D eigenvalue weighted by Gasteiger charge is 2.44. The Balaban J connectivity index is 1.58. The van der Waals surface area contributed by atoms with Crippen molar-refractivity contribution in [2.24, 2.45) is 0 Å². The normalized spacial score (nSPS) is 17.1. The fraction of sp³-hybridized carbons (Fsp3) is 0.250. The van der Waals surface area contributed by atoms with Crippen LogP contribution in [0, 0.1) is 25.5 Å². The molecule has 0 bridgehead atoms. The van der Waals surface area contributed by atoms with Gasteiger partial charge in [-0.25, -0.2) is 22.2 Å². The molecule has 13 heteroatoms. The predicted molar refractivity (Wildman–Crippen MR) is 142 cm³/mol. The van der Waals surface area contributed by atoms with Crippen LogP contribution in [0.15, 0.2) is 58.4 Å². The third kappa shape index (κ3) is 5.14. The van der Waals surface area contributed by atoms with Gasteiger partial charge in [0.1, 0.15) is 21.3 Å². The highest BCUT2D eigenvalue weighted by Crippen LogP contribution is 2.55. The first-order valence-corrected chi connectivity index (χ1v) is 14.5. The molecule has 1 aliphatic carbocycles. The summed E-state index contributed by atoms with van der Waals surface area (Å²) in [6, 6.07) is 8.67. The van der Waals surface area contributed by atoms with Gasteiger partial charge in [-0.3, -0.25) is 14.3 Å². The Morgan fingerprint density at radius 1 is 1.02 bits per heavy atom. The number of rotatable bonds is 5. The van der Waals surface area contributed by atoms with Crippen LogP contribution in [-0.2, 0) is 16.0 Å². The minimum absolute atomic E-state index is 0.220. The van der Waals surface area contributed by atoms with E-state index in [1.54, 1.807) is 6.07 Å². The Morgan fingerprint density at radius 3 is 2.37 bits per heavy atom. The molecular weight excluding hydrogens is 589 g/mol. The van der Waals surface area contributed by atoms with Gasteiger partial charge in [-0.1, -0.05) is 23.7 Å². The third-order valence-corrected chi connectivity index (χ3v) is 8.50. The zero-order valence-corrected chi connectivity index (χ0v) is 23.3. The second-order valence-electron chi connectivity index (χ2n) is 9.93. The summed E-state index contributed by atoms with van der Waals surface area (Å²) in [4.78, 5) is 20.6. The summed E-state index contributed by atoms with van der Waals surface area (Å²) in [5.41, 5.74) is -1.85. The predicted octanol–water partition coefficient (Wildman–Crippen LogP) is 6.54. The Morgan fingerprint density at radius 2 is 1.71 bits per heavy atom. The SMILES string of the molecule is Cc1cnc(-c2cccc(S(C)(=O)=O)c2F)c(F)c1-n1c(C)cc([C@H]2C[C@@H]2c2cccc(C(F)(F)F)n2)c(Cl)c1=O. The van der Waals surface area contributed by atoms with Gasteiger partial charge < -0.3 is 0 Å². The molecule has 2 atom stereocenters.